The van der Waals surface area contributed by atoms with E-state index in [1.54, 1.807) is 6.20 Å². The highest BCUT2D eigenvalue weighted by Gasteiger charge is 2.18. The van der Waals surface area contributed by atoms with E-state index in [1.807, 2.05) is 41.2 Å². The average Bonchev–Trinajstić information content (AvgIpc) is 3.23. The molecule has 2 aromatic rings. The monoisotopic (exact) mass is 329 g/mol. The van der Waals surface area contributed by atoms with E-state index in [4.69, 9.17) is 11.6 Å². The van der Waals surface area contributed by atoms with Crippen molar-refractivity contribution in [3.63, 3.8) is 0 Å². The lowest BCUT2D eigenvalue weighted by Gasteiger charge is -2.19. The summed E-state index contributed by atoms with van der Waals surface area (Å²) >= 11 is 5.97. The lowest BCUT2D eigenvalue weighted by molar-refractivity contribution is -0.121. The van der Waals surface area contributed by atoms with E-state index in [0.717, 1.165) is 18.4 Å². The Morgan fingerprint density at radius 3 is 2.87 bits per heavy atom. The minimum Gasteiger partial charge on any atom is -0.354 e. The summed E-state index contributed by atoms with van der Waals surface area (Å²) in [5.41, 5.74) is 1.07. The van der Waals surface area contributed by atoms with Gasteiger partial charge in [-0.3, -0.25) is 9.48 Å². The van der Waals surface area contributed by atoms with E-state index in [0.29, 0.717) is 23.9 Å². The van der Waals surface area contributed by atoms with Gasteiger partial charge in [0.05, 0.1) is 6.04 Å². The van der Waals surface area contributed by atoms with Gasteiger partial charge in [-0.25, -0.2) is 0 Å². The summed E-state index contributed by atoms with van der Waals surface area (Å²) in [7, 11) is 0. The number of nitrogens with one attached hydrogen (secondary N) is 1. The van der Waals surface area contributed by atoms with Crippen molar-refractivity contribution in [2.24, 2.45) is 5.92 Å². The zero-order chi connectivity index (χ0) is 16.1. The Labute approximate surface area is 141 Å². The van der Waals surface area contributed by atoms with Gasteiger partial charge in [0, 0.05) is 30.4 Å². The van der Waals surface area contributed by atoms with E-state index >= 15 is 0 Å². The van der Waals surface area contributed by atoms with E-state index in [1.165, 1.54) is 0 Å². The van der Waals surface area contributed by atoms with E-state index in [2.05, 4.69) is 22.6 Å². The van der Waals surface area contributed by atoms with Gasteiger partial charge in [0.2, 0.25) is 5.91 Å². The number of carbonyl (C=O) groups excluding carboxylic acids is 1. The Bertz CT molecular complexity index is 664. The molecule has 1 aromatic heterocycles. The third-order valence-electron chi connectivity index (χ3n) is 4.15. The fourth-order valence-corrected chi connectivity index (χ4v) is 3.03. The van der Waals surface area contributed by atoms with Crippen molar-refractivity contribution in [1.82, 2.24) is 15.1 Å². The molecular weight excluding hydrogens is 310 g/mol. The van der Waals surface area contributed by atoms with Crippen LogP contribution in [-0.2, 0) is 4.79 Å². The van der Waals surface area contributed by atoms with Crippen LogP contribution in [0.2, 0.25) is 5.02 Å². The molecule has 1 heterocycles. The number of halogens is 1. The number of allylic oxidation sites excluding steroid dienone is 2. The number of hydrogen-bond acceptors (Lipinski definition) is 2. The first-order chi connectivity index (χ1) is 11.2. The minimum atomic E-state index is -0.0367. The summed E-state index contributed by atoms with van der Waals surface area (Å²) < 4.78 is 1.86. The first-order valence-corrected chi connectivity index (χ1v) is 8.28. The Balaban J connectivity index is 1.65. The van der Waals surface area contributed by atoms with Gasteiger partial charge < -0.3 is 5.32 Å². The van der Waals surface area contributed by atoms with Gasteiger partial charge in [-0.05, 0) is 42.5 Å². The number of nitrogens with zero attached hydrogens (tertiary/aromatic N) is 2. The molecule has 1 aromatic carbocycles. The molecule has 0 saturated carbocycles. The molecule has 0 bridgehead atoms. The zero-order valence-electron chi connectivity index (χ0n) is 12.9. The summed E-state index contributed by atoms with van der Waals surface area (Å²) in [4.78, 5) is 12.2. The molecule has 4 nitrogen and oxygen atoms in total. The highest BCUT2D eigenvalue weighted by molar-refractivity contribution is 6.30. The van der Waals surface area contributed by atoms with Gasteiger partial charge in [0.1, 0.15) is 0 Å². The van der Waals surface area contributed by atoms with Gasteiger partial charge in [0.15, 0.2) is 0 Å². The second-order valence-electron chi connectivity index (χ2n) is 5.83. The van der Waals surface area contributed by atoms with Gasteiger partial charge in [-0.15, -0.1) is 0 Å². The molecule has 1 aliphatic rings. The van der Waals surface area contributed by atoms with Gasteiger partial charge >= 0.3 is 0 Å². The van der Waals surface area contributed by atoms with Crippen LogP contribution in [0.5, 0.6) is 0 Å². The maximum atomic E-state index is 12.2. The number of rotatable bonds is 6. The number of amides is 1. The highest BCUT2D eigenvalue weighted by Crippen LogP contribution is 2.21. The molecular formula is C18H20ClN3O. The summed E-state index contributed by atoms with van der Waals surface area (Å²) in [5, 5.41) is 8.06. The number of carbonyl (C=O) groups is 1. The standard InChI is InChI=1S/C18H20ClN3O/c19-16-8-6-15(7-9-16)17(22-11-3-10-21-22)13-20-18(23)12-14-4-1-2-5-14/h1,3-4,6-11,14,17H,2,5,12-13H2,(H,20,23)/t14-,17+/m1/s1. The molecule has 23 heavy (non-hydrogen) atoms. The topological polar surface area (TPSA) is 46.9 Å². The van der Waals surface area contributed by atoms with Crippen LogP contribution < -0.4 is 5.32 Å². The van der Waals surface area contributed by atoms with Crippen LogP contribution in [0, 0.1) is 5.92 Å². The van der Waals surface area contributed by atoms with Crippen LogP contribution in [0.15, 0.2) is 54.9 Å². The Morgan fingerprint density at radius 2 is 2.22 bits per heavy atom. The smallest absolute Gasteiger partial charge is 0.220 e. The normalized spacial score (nSPS) is 18.0. The molecule has 0 aliphatic heterocycles. The van der Waals surface area contributed by atoms with Crippen molar-refractivity contribution >= 4 is 17.5 Å². The quantitative estimate of drug-likeness (QED) is 0.823. The molecule has 0 unspecified atom stereocenters. The fraction of sp³-hybridized carbons (Fsp3) is 0.333. The largest absolute Gasteiger partial charge is 0.354 e. The molecule has 1 N–H and O–H groups in total. The van der Waals surface area contributed by atoms with E-state index in [-0.39, 0.29) is 11.9 Å². The van der Waals surface area contributed by atoms with Crippen molar-refractivity contribution < 1.29 is 4.79 Å². The first-order valence-electron chi connectivity index (χ1n) is 7.90. The summed E-state index contributed by atoms with van der Waals surface area (Å²) in [6, 6.07) is 9.51. The van der Waals surface area contributed by atoms with Crippen LogP contribution in [0.4, 0.5) is 0 Å². The number of hydrogen-bond donors (Lipinski definition) is 1. The van der Waals surface area contributed by atoms with Crippen molar-refractivity contribution in [1.29, 1.82) is 0 Å². The van der Waals surface area contributed by atoms with Crippen molar-refractivity contribution in [2.75, 3.05) is 6.54 Å². The van der Waals surface area contributed by atoms with Gasteiger partial charge in [-0.1, -0.05) is 35.9 Å². The van der Waals surface area contributed by atoms with Crippen LogP contribution in [0.3, 0.4) is 0 Å². The summed E-state index contributed by atoms with van der Waals surface area (Å²) in [6.45, 7) is 0.512. The van der Waals surface area contributed by atoms with E-state index in [9.17, 15) is 4.79 Å². The van der Waals surface area contributed by atoms with Crippen molar-refractivity contribution in [3.8, 4) is 0 Å². The summed E-state index contributed by atoms with van der Waals surface area (Å²) in [6.07, 6.45) is 10.7. The summed E-state index contributed by atoms with van der Waals surface area (Å²) in [5.74, 6) is 0.473. The van der Waals surface area contributed by atoms with Gasteiger partial charge in [-0.2, -0.15) is 5.10 Å². The average molecular weight is 330 g/mol. The highest BCUT2D eigenvalue weighted by atomic mass is 35.5. The molecule has 0 radical (unpaired) electrons. The molecule has 0 fully saturated rings. The Hall–Kier alpha value is -2.07. The number of benzene rings is 1. The molecule has 2 atom stereocenters. The third-order valence-corrected chi connectivity index (χ3v) is 4.40. The van der Waals surface area contributed by atoms with Crippen molar-refractivity contribution in [3.05, 3.63) is 65.5 Å². The predicted molar refractivity (Wildman–Crippen MR) is 91.3 cm³/mol. The fourth-order valence-electron chi connectivity index (χ4n) is 2.90. The van der Waals surface area contributed by atoms with Crippen molar-refractivity contribution in [2.45, 2.75) is 25.3 Å². The lowest BCUT2D eigenvalue weighted by atomic mass is 10.0. The molecule has 1 aliphatic carbocycles. The maximum absolute atomic E-state index is 12.2. The van der Waals surface area contributed by atoms with Crippen LogP contribution >= 0.6 is 11.6 Å². The second kappa shape index (κ2) is 7.47. The molecule has 120 valence electrons. The van der Waals surface area contributed by atoms with Crippen LogP contribution in [0.25, 0.3) is 0 Å². The molecule has 5 heteroatoms. The van der Waals surface area contributed by atoms with Crippen LogP contribution in [-0.4, -0.2) is 22.2 Å². The zero-order valence-corrected chi connectivity index (χ0v) is 13.6. The molecule has 1 amide bonds. The minimum absolute atomic E-state index is 0.0367. The first kappa shape index (κ1) is 15.8. The molecule has 0 saturated heterocycles. The maximum Gasteiger partial charge on any atom is 0.220 e. The number of aromatic nitrogens is 2. The van der Waals surface area contributed by atoms with E-state index < -0.39 is 0 Å². The van der Waals surface area contributed by atoms with Gasteiger partial charge in [0.25, 0.3) is 0 Å². The Kier molecular flexibility index (Phi) is 5.13. The third kappa shape index (κ3) is 4.23. The lowest BCUT2D eigenvalue weighted by Crippen LogP contribution is -2.32. The molecule has 3 rings (SSSR count). The second-order valence-corrected chi connectivity index (χ2v) is 6.26. The Morgan fingerprint density at radius 1 is 1.39 bits per heavy atom. The predicted octanol–water partition coefficient (Wildman–Crippen LogP) is 3.60. The van der Waals surface area contributed by atoms with Crippen LogP contribution in [0.1, 0.15) is 30.9 Å². The SMILES string of the molecule is O=C(C[C@@H]1C=CCC1)NC[C@@H](c1ccc(Cl)cc1)n1cccn1. The molecule has 0 spiro atoms.